The second-order valence-electron chi connectivity index (χ2n) is 14.0. The van der Waals surface area contributed by atoms with Crippen LogP contribution in [0, 0.1) is 18.8 Å². The van der Waals surface area contributed by atoms with E-state index in [-0.39, 0.29) is 49.6 Å². The molecule has 13 nitrogen and oxygen atoms in total. The van der Waals surface area contributed by atoms with Crippen molar-refractivity contribution in [2.45, 2.75) is 84.6 Å². The minimum atomic E-state index is -1.05. The number of rotatable bonds is 7. The summed E-state index contributed by atoms with van der Waals surface area (Å²) >= 11 is 0. The molecule has 13 heteroatoms. The van der Waals surface area contributed by atoms with E-state index in [0.717, 1.165) is 11.1 Å². The minimum absolute atomic E-state index is 0.111. The molecule has 4 aromatic rings. The first-order valence-corrected chi connectivity index (χ1v) is 17.7. The predicted molar refractivity (Wildman–Crippen MR) is 195 cm³/mol. The van der Waals surface area contributed by atoms with Crippen LogP contribution in [0.2, 0.25) is 0 Å². The lowest BCUT2D eigenvalue weighted by molar-refractivity contribution is -0.130. The van der Waals surface area contributed by atoms with Gasteiger partial charge in [0, 0.05) is 19.0 Å². The highest BCUT2D eigenvalue weighted by Gasteiger charge is 2.32. The Labute approximate surface area is 304 Å². The standard InChI is InChI=1S/C39H48N8O5/c1-24(2)19-29-23-52-30-16-14-28(15-17-30)21-32(43-37(49)31-13-9-10-18-40-31)38(50)44-33(20-27-11-7-6-8-12-27)39(51)45-35(25(3)4)36-41-26(5)46-47(36)22-34(48)42-29/h6-18,24-25,29,32-33,35H,19-23H2,1-5H3,(H,42,48)(H,43,49)(H,44,50)(H,45,51)/t29-,32+,33-,35-/m0/s1. The average molecular weight is 709 g/mol. The first kappa shape index (κ1) is 37.7. The maximum Gasteiger partial charge on any atom is 0.270 e. The molecule has 0 saturated heterocycles. The van der Waals surface area contributed by atoms with Gasteiger partial charge in [-0.2, -0.15) is 5.10 Å². The van der Waals surface area contributed by atoms with Crippen LogP contribution in [-0.4, -0.2) is 68.1 Å². The number of benzene rings is 2. The molecule has 4 heterocycles. The molecule has 274 valence electrons. The summed E-state index contributed by atoms with van der Waals surface area (Å²) in [5, 5.41) is 16.5. The van der Waals surface area contributed by atoms with Crippen molar-refractivity contribution >= 4 is 23.6 Å². The smallest absolute Gasteiger partial charge is 0.270 e. The number of hydrogen-bond donors (Lipinski definition) is 4. The van der Waals surface area contributed by atoms with Crippen LogP contribution in [0.4, 0.5) is 0 Å². The Balaban J connectivity index is 1.53. The number of carbonyl (C=O) groups excluding carboxylic acids is 4. The molecular weight excluding hydrogens is 660 g/mol. The number of amides is 4. The number of fused-ring (bicyclic) bond motifs is 14. The van der Waals surface area contributed by atoms with Crippen LogP contribution >= 0.6 is 0 Å². The molecule has 0 spiro atoms. The summed E-state index contributed by atoms with van der Waals surface area (Å²) in [6, 6.07) is 18.6. The van der Waals surface area contributed by atoms with Crippen molar-refractivity contribution in [2.24, 2.45) is 11.8 Å². The van der Waals surface area contributed by atoms with E-state index in [1.165, 1.54) is 10.9 Å². The van der Waals surface area contributed by atoms with Crippen molar-refractivity contribution in [3.05, 3.63) is 107 Å². The lowest BCUT2D eigenvalue weighted by atomic mass is 10.00. The van der Waals surface area contributed by atoms with Crippen LogP contribution in [0.1, 0.15) is 73.4 Å². The van der Waals surface area contributed by atoms with Gasteiger partial charge in [0.1, 0.15) is 42.5 Å². The third-order valence-electron chi connectivity index (χ3n) is 8.71. The summed E-state index contributed by atoms with van der Waals surface area (Å²) in [5.74, 6) is -0.167. The Hall–Kier alpha value is -5.59. The molecule has 0 radical (unpaired) electrons. The zero-order valence-corrected chi connectivity index (χ0v) is 30.3. The van der Waals surface area contributed by atoms with Crippen molar-refractivity contribution < 1.29 is 23.9 Å². The number of nitrogens with zero attached hydrogens (tertiary/aromatic N) is 4. The third kappa shape index (κ3) is 10.5. The van der Waals surface area contributed by atoms with Gasteiger partial charge in [0.15, 0.2) is 5.82 Å². The quantitative estimate of drug-likeness (QED) is 0.226. The van der Waals surface area contributed by atoms with Gasteiger partial charge in [-0.15, -0.1) is 0 Å². The molecule has 2 aromatic carbocycles. The summed E-state index contributed by atoms with van der Waals surface area (Å²) < 4.78 is 7.65. The number of ether oxygens (including phenoxy) is 1. The van der Waals surface area contributed by atoms with Crippen molar-refractivity contribution in [3.8, 4) is 5.75 Å². The molecule has 0 aliphatic carbocycles. The van der Waals surface area contributed by atoms with Gasteiger partial charge in [0.05, 0.1) is 12.1 Å². The molecule has 2 aromatic heterocycles. The van der Waals surface area contributed by atoms with E-state index >= 15 is 0 Å². The fraction of sp³-hybridized carbons (Fsp3) is 0.410. The highest BCUT2D eigenvalue weighted by Crippen LogP contribution is 2.22. The Bertz CT molecular complexity index is 1810. The topological polar surface area (TPSA) is 169 Å². The van der Waals surface area contributed by atoms with Gasteiger partial charge in [0.2, 0.25) is 17.7 Å². The Morgan fingerprint density at radius 3 is 2.33 bits per heavy atom. The van der Waals surface area contributed by atoms with E-state index in [1.807, 2.05) is 56.3 Å². The minimum Gasteiger partial charge on any atom is -0.491 e. The summed E-state index contributed by atoms with van der Waals surface area (Å²) in [6.45, 7) is 9.90. The van der Waals surface area contributed by atoms with E-state index in [9.17, 15) is 19.2 Å². The fourth-order valence-corrected chi connectivity index (χ4v) is 6.17. The van der Waals surface area contributed by atoms with Crippen molar-refractivity contribution in [3.63, 3.8) is 0 Å². The molecule has 4 N–H and O–H groups in total. The molecule has 6 rings (SSSR count). The van der Waals surface area contributed by atoms with Crippen LogP contribution < -0.4 is 26.0 Å². The number of aromatic nitrogens is 4. The summed E-state index contributed by atoms with van der Waals surface area (Å²) in [6.07, 6.45) is 2.51. The number of carbonyl (C=O) groups is 4. The lowest BCUT2D eigenvalue weighted by Crippen LogP contribution is -2.55. The Kier molecular flexibility index (Phi) is 12.7. The van der Waals surface area contributed by atoms with Gasteiger partial charge in [-0.05, 0) is 60.6 Å². The fourth-order valence-electron chi connectivity index (χ4n) is 6.17. The molecule has 2 bridgehead atoms. The molecule has 4 amide bonds. The Morgan fingerprint density at radius 2 is 1.65 bits per heavy atom. The zero-order valence-electron chi connectivity index (χ0n) is 30.3. The van der Waals surface area contributed by atoms with Crippen molar-refractivity contribution in [1.29, 1.82) is 0 Å². The Morgan fingerprint density at radius 1 is 0.923 bits per heavy atom. The average Bonchev–Trinajstić information content (AvgIpc) is 3.47. The van der Waals surface area contributed by atoms with E-state index in [2.05, 4.69) is 50.2 Å². The SMILES string of the molecule is Cc1nc2n(n1)CC(=O)N[C@@H](CC(C)C)COc1ccc(cc1)C[C@@H](NC(=O)c1ccccn1)C(=O)N[C@@H](Cc1ccccc1)C(=O)N[C@H]2C(C)C. The van der Waals surface area contributed by atoms with Crippen molar-refractivity contribution in [1.82, 2.24) is 41.0 Å². The van der Waals surface area contributed by atoms with Crippen LogP contribution in [0.25, 0.3) is 0 Å². The number of pyridine rings is 1. The predicted octanol–water partition coefficient (Wildman–Crippen LogP) is 3.49. The summed E-state index contributed by atoms with van der Waals surface area (Å²) in [4.78, 5) is 64.0. The second-order valence-corrected chi connectivity index (χ2v) is 14.0. The molecule has 4 atom stereocenters. The highest BCUT2D eigenvalue weighted by molar-refractivity contribution is 5.97. The maximum absolute atomic E-state index is 14.3. The van der Waals surface area contributed by atoms with Crippen LogP contribution in [-0.2, 0) is 33.8 Å². The highest BCUT2D eigenvalue weighted by atomic mass is 16.5. The summed E-state index contributed by atoms with van der Waals surface area (Å²) in [7, 11) is 0. The monoisotopic (exact) mass is 708 g/mol. The van der Waals surface area contributed by atoms with Gasteiger partial charge in [-0.1, -0.05) is 76.2 Å². The first-order chi connectivity index (χ1) is 24.9. The molecule has 0 saturated carbocycles. The lowest BCUT2D eigenvalue weighted by Gasteiger charge is -2.27. The molecule has 0 fully saturated rings. The van der Waals surface area contributed by atoms with E-state index < -0.39 is 35.8 Å². The summed E-state index contributed by atoms with van der Waals surface area (Å²) in [5.41, 5.74) is 1.75. The number of hydrogen-bond acceptors (Lipinski definition) is 8. The van der Waals surface area contributed by atoms with Crippen LogP contribution in [0.15, 0.2) is 79.0 Å². The molecule has 2 aliphatic rings. The van der Waals surface area contributed by atoms with E-state index in [4.69, 9.17) is 4.74 Å². The molecule has 2 aliphatic heterocycles. The number of aryl methyl sites for hydroxylation is 1. The number of nitrogens with one attached hydrogen (secondary N) is 4. The van der Waals surface area contributed by atoms with Gasteiger partial charge in [0.25, 0.3) is 5.91 Å². The first-order valence-electron chi connectivity index (χ1n) is 17.7. The third-order valence-corrected chi connectivity index (χ3v) is 8.71. The van der Waals surface area contributed by atoms with Crippen LogP contribution in [0.5, 0.6) is 5.75 Å². The largest absolute Gasteiger partial charge is 0.491 e. The normalized spacial score (nSPS) is 20.3. The van der Waals surface area contributed by atoms with Gasteiger partial charge in [-0.3, -0.25) is 24.2 Å². The molecule has 52 heavy (non-hydrogen) atoms. The van der Waals surface area contributed by atoms with Gasteiger partial charge < -0.3 is 26.0 Å². The maximum atomic E-state index is 14.3. The van der Waals surface area contributed by atoms with E-state index in [1.54, 1.807) is 37.3 Å². The second kappa shape index (κ2) is 17.6. The van der Waals surface area contributed by atoms with Gasteiger partial charge in [-0.25, -0.2) is 9.67 Å². The van der Waals surface area contributed by atoms with Crippen LogP contribution in [0.3, 0.4) is 0 Å². The molecular formula is C39H48N8O5. The zero-order chi connectivity index (χ0) is 37.2. The van der Waals surface area contributed by atoms with Crippen molar-refractivity contribution in [2.75, 3.05) is 6.61 Å². The van der Waals surface area contributed by atoms with Gasteiger partial charge >= 0.3 is 0 Å². The molecule has 0 unspecified atom stereocenters. The van der Waals surface area contributed by atoms with E-state index in [0.29, 0.717) is 29.7 Å².